The van der Waals surface area contributed by atoms with E-state index < -0.39 is 0 Å². The van der Waals surface area contributed by atoms with Crippen molar-refractivity contribution in [3.63, 3.8) is 0 Å². The molecule has 4 aliphatic carbocycles. The minimum absolute atomic E-state index is 0.0192. The minimum atomic E-state index is -0.222. The van der Waals surface area contributed by atoms with Gasteiger partial charge in [-0.05, 0) is 60.7 Å². The van der Waals surface area contributed by atoms with E-state index in [2.05, 4.69) is 13.8 Å². The smallest absolute Gasteiger partial charge is 0.137 e. The Morgan fingerprint density at radius 2 is 1.95 bits per heavy atom. The lowest BCUT2D eigenvalue weighted by Gasteiger charge is -2.58. The van der Waals surface area contributed by atoms with Gasteiger partial charge in [-0.3, -0.25) is 9.59 Å². The van der Waals surface area contributed by atoms with Crippen molar-refractivity contribution in [1.29, 1.82) is 0 Å². The fourth-order valence-electron chi connectivity index (χ4n) is 6.91. The second kappa shape index (κ2) is 4.66. The van der Waals surface area contributed by atoms with Crippen molar-refractivity contribution in [3.05, 3.63) is 0 Å². The van der Waals surface area contributed by atoms with E-state index in [1.165, 1.54) is 0 Å². The molecule has 7 atom stereocenters. The van der Waals surface area contributed by atoms with E-state index in [-0.39, 0.29) is 22.9 Å². The topological polar surface area (TPSA) is 54.4 Å². The van der Waals surface area contributed by atoms with Crippen LogP contribution in [0.1, 0.15) is 65.2 Å². The van der Waals surface area contributed by atoms with Gasteiger partial charge < -0.3 is 5.11 Å². The number of rotatable bonds is 0. The molecule has 0 aromatic heterocycles. The third kappa shape index (κ3) is 1.90. The van der Waals surface area contributed by atoms with Gasteiger partial charge in [0.15, 0.2) is 0 Å². The monoisotopic (exact) mass is 304 g/mol. The summed E-state index contributed by atoms with van der Waals surface area (Å²) in [5.74, 6) is 2.32. The Morgan fingerprint density at radius 3 is 2.73 bits per heavy atom. The second-order valence-electron chi connectivity index (χ2n) is 9.16. The number of carbonyl (C=O) groups excluding carboxylic acids is 2. The fourth-order valence-corrected chi connectivity index (χ4v) is 6.91. The molecule has 0 bridgehead atoms. The summed E-state index contributed by atoms with van der Waals surface area (Å²) in [6, 6.07) is 0. The molecule has 3 nitrogen and oxygen atoms in total. The van der Waals surface area contributed by atoms with Crippen molar-refractivity contribution < 1.29 is 14.7 Å². The van der Waals surface area contributed by atoms with Crippen molar-refractivity contribution in [2.75, 3.05) is 0 Å². The molecule has 4 fully saturated rings. The molecule has 0 saturated heterocycles. The van der Waals surface area contributed by atoms with Crippen LogP contribution in [0.4, 0.5) is 0 Å². The van der Waals surface area contributed by atoms with Gasteiger partial charge in [0, 0.05) is 25.2 Å². The average molecular weight is 304 g/mol. The van der Waals surface area contributed by atoms with Gasteiger partial charge in [0.05, 0.1) is 6.10 Å². The minimum Gasteiger partial charge on any atom is -0.393 e. The van der Waals surface area contributed by atoms with Crippen LogP contribution in [-0.4, -0.2) is 22.8 Å². The van der Waals surface area contributed by atoms with E-state index in [1.54, 1.807) is 0 Å². The summed E-state index contributed by atoms with van der Waals surface area (Å²) in [4.78, 5) is 24.9. The van der Waals surface area contributed by atoms with Gasteiger partial charge in [-0.2, -0.15) is 0 Å². The third-order valence-electron chi connectivity index (χ3n) is 7.90. The Bertz CT molecular complexity index is 527. The van der Waals surface area contributed by atoms with Crippen molar-refractivity contribution in [2.45, 2.75) is 71.3 Å². The third-order valence-corrected chi connectivity index (χ3v) is 7.90. The molecule has 0 radical (unpaired) electrons. The summed E-state index contributed by atoms with van der Waals surface area (Å²) in [5, 5.41) is 10.2. The maximum absolute atomic E-state index is 13.1. The highest BCUT2D eigenvalue weighted by Gasteiger charge is 2.62. The van der Waals surface area contributed by atoms with E-state index in [4.69, 9.17) is 0 Å². The van der Waals surface area contributed by atoms with Crippen molar-refractivity contribution in [3.8, 4) is 0 Å². The lowest BCUT2D eigenvalue weighted by Crippen LogP contribution is -2.56. The Morgan fingerprint density at radius 1 is 1.18 bits per heavy atom. The van der Waals surface area contributed by atoms with Gasteiger partial charge in [0.25, 0.3) is 0 Å². The first kappa shape index (κ1) is 14.9. The SMILES string of the molecule is CC12CC(=O)C3C(CCC4CC(=O)CCC43C)C1CC(O)C2. The van der Waals surface area contributed by atoms with Crippen LogP contribution in [0.2, 0.25) is 0 Å². The van der Waals surface area contributed by atoms with Gasteiger partial charge in [-0.25, -0.2) is 0 Å². The summed E-state index contributed by atoms with van der Waals surface area (Å²) in [6.45, 7) is 4.51. The van der Waals surface area contributed by atoms with Crippen LogP contribution in [0.3, 0.4) is 0 Å². The highest BCUT2D eigenvalue weighted by Crippen LogP contribution is 2.64. The average Bonchev–Trinajstić information content (AvgIpc) is 2.73. The number of Topliss-reactive ketones (excluding diaryl/α,β-unsaturated/α-hetero) is 2. The highest BCUT2D eigenvalue weighted by atomic mass is 16.3. The number of hydrogen-bond donors (Lipinski definition) is 1. The summed E-state index contributed by atoms with van der Waals surface area (Å²) in [7, 11) is 0. The predicted octanol–water partition coefficient (Wildman–Crippen LogP) is 3.14. The van der Waals surface area contributed by atoms with Crippen molar-refractivity contribution in [2.24, 2.45) is 34.5 Å². The zero-order valence-corrected chi connectivity index (χ0v) is 13.8. The molecule has 0 aromatic carbocycles. The van der Waals surface area contributed by atoms with Crippen LogP contribution in [0.15, 0.2) is 0 Å². The first-order valence-corrected chi connectivity index (χ1v) is 9.06. The molecule has 0 aromatic rings. The van der Waals surface area contributed by atoms with Crippen LogP contribution >= 0.6 is 0 Å². The maximum atomic E-state index is 13.1. The Hall–Kier alpha value is -0.700. The van der Waals surface area contributed by atoms with Crippen molar-refractivity contribution >= 4 is 11.6 Å². The molecule has 1 N–H and O–H groups in total. The highest BCUT2D eigenvalue weighted by molar-refractivity contribution is 5.85. The summed E-state index contributed by atoms with van der Waals surface area (Å²) < 4.78 is 0. The molecule has 3 heteroatoms. The normalized spacial score (nSPS) is 54.6. The molecular weight excluding hydrogens is 276 g/mol. The molecule has 0 aliphatic heterocycles. The van der Waals surface area contributed by atoms with Crippen LogP contribution in [0, 0.1) is 34.5 Å². The molecule has 0 amide bonds. The molecule has 4 rings (SSSR count). The van der Waals surface area contributed by atoms with Crippen LogP contribution in [-0.2, 0) is 9.59 Å². The van der Waals surface area contributed by atoms with Gasteiger partial charge in [-0.15, -0.1) is 0 Å². The number of hydrogen-bond acceptors (Lipinski definition) is 3. The van der Waals surface area contributed by atoms with E-state index in [9.17, 15) is 14.7 Å². The largest absolute Gasteiger partial charge is 0.393 e. The van der Waals surface area contributed by atoms with Gasteiger partial charge >= 0.3 is 0 Å². The Labute approximate surface area is 132 Å². The molecule has 22 heavy (non-hydrogen) atoms. The summed E-state index contributed by atoms with van der Waals surface area (Å²) in [5.41, 5.74) is 0.0497. The first-order chi connectivity index (χ1) is 10.3. The molecule has 0 spiro atoms. The number of ketones is 2. The summed E-state index contributed by atoms with van der Waals surface area (Å²) >= 11 is 0. The fraction of sp³-hybridized carbons (Fsp3) is 0.895. The Kier molecular flexibility index (Phi) is 3.15. The standard InChI is InChI=1S/C19H28O3/c1-18-9-13(21)8-15(18)14-4-3-11-7-12(20)5-6-19(11,2)17(14)16(22)10-18/h11,13-15,17,21H,3-10H2,1-2H3. The predicted molar refractivity (Wildman–Crippen MR) is 83.1 cm³/mol. The quantitative estimate of drug-likeness (QED) is 0.748. The lowest BCUT2D eigenvalue weighted by atomic mass is 9.45. The maximum Gasteiger partial charge on any atom is 0.137 e. The summed E-state index contributed by atoms with van der Waals surface area (Å²) in [6.07, 6.45) is 6.53. The molecule has 7 unspecified atom stereocenters. The van der Waals surface area contributed by atoms with E-state index >= 15 is 0 Å². The van der Waals surface area contributed by atoms with Crippen LogP contribution in [0.25, 0.3) is 0 Å². The molecule has 4 aliphatic rings. The number of carbonyl (C=O) groups is 2. The first-order valence-electron chi connectivity index (χ1n) is 9.06. The molecular formula is C19H28O3. The number of fused-ring (bicyclic) bond motifs is 5. The van der Waals surface area contributed by atoms with Crippen LogP contribution in [0.5, 0.6) is 0 Å². The van der Waals surface area contributed by atoms with Crippen molar-refractivity contribution in [1.82, 2.24) is 0 Å². The number of aliphatic hydroxyl groups excluding tert-OH is 1. The van der Waals surface area contributed by atoms with Crippen LogP contribution < -0.4 is 0 Å². The Balaban J connectivity index is 1.70. The molecule has 4 saturated carbocycles. The second-order valence-corrected chi connectivity index (χ2v) is 9.16. The van der Waals surface area contributed by atoms with Gasteiger partial charge in [0.1, 0.15) is 11.6 Å². The zero-order valence-electron chi connectivity index (χ0n) is 13.8. The van der Waals surface area contributed by atoms with E-state index in [1.807, 2.05) is 0 Å². The molecule has 0 heterocycles. The van der Waals surface area contributed by atoms with Gasteiger partial charge in [0.2, 0.25) is 0 Å². The van der Waals surface area contributed by atoms with Gasteiger partial charge in [-0.1, -0.05) is 13.8 Å². The lowest BCUT2D eigenvalue weighted by molar-refractivity contribution is -0.158. The number of aliphatic hydroxyl groups is 1. The zero-order chi connectivity index (χ0) is 15.7. The molecule has 122 valence electrons. The van der Waals surface area contributed by atoms with E-state index in [0.29, 0.717) is 48.6 Å². The van der Waals surface area contributed by atoms with E-state index in [0.717, 1.165) is 32.1 Å².